The van der Waals surface area contributed by atoms with Crippen LogP contribution in [-0.4, -0.2) is 42.2 Å². The van der Waals surface area contributed by atoms with E-state index < -0.39 is 12.1 Å². The van der Waals surface area contributed by atoms with Gasteiger partial charge >= 0.3 is 6.18 Å². The van der Waals surface area contributed by atoms with Gasteiger partial charge in [-0.3, -0.25) is 4.79 Å². The molecule has 1 unspecified atom stereocenters. The second-order valence-electron chi connectivity index (χ2n) is 5.82. The number of rotatable bonds is 2. The second kappa shape index (κ2) is 5.47. The average molecular weight is 266 g/mol. The lowest BCUT2D eigenvalue weighted by Gasteiger charge is -2.34. The first-order chi connectivity index (χ1) is 8.09. The maximum Gasteiger partial charge on any atom is 0.393 e. The Morgan fingerprint density at radius 1 is 1.33 bits per heavy atom. The zero-order valence-electron chi connectivity index (χ0n) is 11.1. The van der Waals surface area contributed by atoms with Crippen molar-refractivity contribution >= 4 is 5.91 Å². The van der Waals surface area contributed by atoms with Gasteiger partial charge in [0.1, 0.15) is 0 Å². The number of likely N-dealkylation sites (tertiary alicyclic amines) is 1. The molecule has 3 nitrogen and oxygen atoms in total. The van der Waals surface area contributed by atoms with Gasteiger partial charge in [0.05, 0.1) is 12.5 Å². The summed E-state index contributed by atoms with van der Waals surface area (Å²) in [5.74, 6) is -1.62. The quantitative estimate of drug-likeness (QED) is 0.831. The zero-order valence-corrected chi connectivity index (χ0v) is 11.1. The second-order valence-corrected chi connectivity index (χ2v) is 5.82. The summed E-state index contributed by atoms with van der Waals surface area (Å²) in [6.07, 6.45) is -3.65. The molecule has 1 rings (SSSR count). The highest BCUT2D eigenvalue weighted by atomic mass is 19.4. The summed E-state index contributed by atoms with van der Waals surface area (Å²) in [5, 5.41) is 3.00. The molecule has 0 saturated carbocycles. The van der Waals surface area contributed by atoms with E-state index in [1.165, 1.54) is 4.90 Å². The van der Waals surface area contributed by atoms with Crippen molar-refractivity contribution in [2.75, 3.05) is 19.6 Å². The minimum atomic E-state index is -4.20. The Labute approximate surface area is 106 Å². The SMILES string of the molecule is CC(C)(C)NCC(=O)N1CCCC(C(F)(F)F)C1. The Hall–Kier alpha value is -0.780. The van der Waals surface area contributed by atoms with Crippen molar-refractivity contribution in [1.82, 2.24) is 10.2 Å². The predicted molar refractivity (Wildman–Crippen MR) is 63.1 cm³/mol. The number of halogens is 3. The fourth-order valence-electron chi connectivity index (χ4n) is 1.92. The van der Waals surface area contributed by atoms with Crippen LogP contribution in [0.2, 0.25) is 0 Å². The lowest BCUT2D eigenvalue weighted by Crippen LogP contribution is -2.49. The fourth-order valence-corrected chi connectivity index (χ4v) is 1.92. The van der Waals surface area contributed by atoms with Crippen LogP contribution >= 0.6 is 0 Å². The number of hydrogen-bond acceptors (Lipinski definition) is 2. The molecular weight excluding hydrogens is 245 g/mol. The van der Waals surface area contributed by atoms with Crippen LogP contribution in [0.1, 0.15) is 33.6 Å². The highest BCUT2D eigenvalue weighted by Crippen LogP contribution is 2.33. The van der Waals surface area contributed by atoms with Gasteiger partial charge in [0.2, 0.25) is 5.91 Å². The summed E-state index contributed by atoms with van der Waals surface area (Å²) in [6.45, 7) is 6.05. The van der Waals surface area contributed by atoms with E-state index in [4.69, 9.17) is 0 Å². The molecule has 1 N–H and O–H groups in total. The summed E-state index contributed by atoms with van der Waals surface area (Å²) in [4.78, 5) is 13.1. The van der Waals surface area contributed by atoms with Gasteiger partial charge in [0.15, 0.2) is 0 Å². The first kappa shape index (κ1) is 15.3. The van der Waals surface area contributed by atoms with Crippen molar-refractivity contribution in [2.24, 2.45) is 5.92 Å². The standard InChI is InChI=1S/C12H21F3N2O/c1-11(2,3)16-7-10(18)17-6-4-5-9(8-17)12(13,14)15/h9,16H,4-8H2,1-3H3. The van der Waals surface area contributed by atoms with Gasteiger partial charge in [-0.1, -0.05) is 0 Å². The molecule has 0 radical (unpaired) electrons. The van der Waals surface area contributed by atoms with Gasteiger partial charge in [-0.15, -0.1) is 0 Å². The normalized spacial score (nSPS) is 22.1. The van der Waals surface area contributed by atoms with E-state index in [2.05, 4.69) is 5.32 Å². The molecule has 1 heterocycles. The number of amides is 1. The molecule has 1 saturated heterocycles. The Morgan fingerprint density at radius 2 is 1.94 bits per heavy atom. The van der Waals surface area contributed by atoms with Gasteiger partial charge in [-0.25, -0.2) is 0 Å². The van der Waals surface area contributed by atoms with Crippen LogP contribution in [0, 0.1) is 5.92 Å². The van der Waals surface area contributed by atoms with Gasteiger partial charge in [-0.2, -0.15) is 13.2 Å². The molecule has 1 atom stereocenters. The predicted octanol–water partition coefficient (Wildman–Crippen LogP) is 2.18. The molecule has 0 aliphatic carbocycles. The van der Waals surface area contributed by atoms with Crippen molar-refractivity contribution in [3.63, 3.8) is 0 Å². The number of nitrogens with one attached hydrogen (secondary N) is 1. The summed E-state index contributed by atoms with van der Waals surface area (Å²) in [5.41, 5.74) is -0.213. The average Bonchev–Trinajstić information content (AvgIpc) is 2.24. The molecule has 1 fully saturated rings. The van der Waals surface area contributed by atoms with Crippen molar-refractivity contribution in [2.45, 2.75) is 45.3 Å². The molecule has 0 aromatic heterocycles. The molecule has 0 aromatic rings. The maximum atomic E-state index is 12.6. The Bertz CT molecular complexity index is 297. The molecule has 6 heteroatoms. The molecule has 0 aromatic carbocycles. The maximum absolute atomic E-state index is 12.6. The first-order valence-corrected chi connectivity index (χ1v) is 6.19. The largest absolute Gasteiger partial charge is 0.393 e. The van der Waals surface area contributed by atoms with Crippen molar-refractivity contribution in [3.8, 4) is 0 Å². The van der Waals surface area contributed by atoms with Crippen LogP contribution in [0.25, 0.3) is 0 Å². The van der Waals surface area contributed by atoms with Gasteiger partial charge < -0.3 is 10.2 Å². The van der Waals surface area contributed by atoms with E-state index in [-0.39, 0.29) is 31.0 Å². The van der Waals surface area contributed by atoms with E-state index in [0.29, 0.717) is 13.0 Å². The summed E-state index contributed by atoms with van der Waals surface area (Å²) in [7, 11) is 0. The minimum absolute atomic E-state index is 0.0913. The third-order valence-electron chi connectivity index (χ3n) is 3.01. The Morgan fingerprint density at radius 3 is 2.44 bits per heavy atom. The number of hydrogen-bond donors (Lipinski definition) is 1. The molecule has 1 aliphatic heterocycles. The fraction of sp³-hybridized carbons (Fsp3) is 0.917. The number of nitrogens with zero attached hydrogens (tertiary/aromatic N) is 1. The van der Waals surface area contributed by atoms with Crippen molar-refractivity contribution in [1.29, 1.82) is 0 Å². The van der Waals surface area contributed by atoms with Gasteiger partial charge in [-0.05, 0) is 33.6 Å². The first-order valence-electron chi connectivity index (χ1n) is 6.19. The third-order valence-corrected chi connectivity index (χ3v) is 3.01. The van der Waals surface area contributed by atoms with Crippen LogP contribution < -0.4 is 5.32 Å². The van der Waals surface area contributed by atoms with Crippen LogP contribution in [0.4, 0.5) is 13.2 Å². The highest BCUT2D eigenvalue weighted by molar-refractivity contribution is 5.78. The van der Waals surface area contributed by atoms with E-state index in [9.17, 15) is 18.0 Å². The third kappa shape index (κ3) is 4.84. The van der Waals surface area contributed by atoms with E-state index in [0.717, 1.165) is 0 Å². The topological polar surface area (TPSA) is 32.3 Å². The number of piperidine rings is 1. The molecule has 0 bridgehead atoms. The van der Waals surface area contributed by atoms with Gasteiger partial charge in [0.25, 0.3) is 0 Å². The van der Waals surface area contributed by atoms with Crippen LogP contribution in [0.15, 0.2) is 0 Å². The summed E-state index contributed by atoms with van der Waals surface area (Å²) < 4.78 is 37.8. The van der Waals surface area contributed by atoms with Crippen LogP contribution in [-0.2, 0) is 4.79 Å². The summed E-state index contributed by atoms with van der Waals surface area (Å²) >= 11 is 0. The number of carbonyl (C=O) groups excluding carboxylic acids is 1. The monoisotopic (exact) mass is 266 g/mol. The smallest absolute Gasteiger partial charge is 0.341 e. The molecule has 1 aliphatic rings. The van der Waals surface area contributed by atoms with Crippen LogP contribution in [0.3, 0.4) is 0 Å². The number of carbonyl (C=O) groups is 1. The molecular formula is C12H21F3N2O. The molecule has 18 heavy (non-hydrogen) atoms. The Balaban J connectivity index is 2.49. The van der Waals surface area contributed by atoms with Crippen molar-refractivity contribution < 1.29 is 18.0 Å². The van der Waals surface area contributed by atoms with E-state index in [1.807, 2.05) is 20.8 Å². The number of alkyl halides is 3. The summed E-state index contributed by atoms with van der Waals surface area (Å²) in [6, 6.07) is 0. The molecule has 0 spiro atoms. The highest BCUT2D eigenvalue weighted by Gasteiger charge is 2.42. The zero-order chi connectivity index (χ0) is 14.0. The van der Waals surface area contributed by atoms with E-state index in [1.54, 1.807) is 0 Å². The lowest BCUT2D eigenvalue weighted by molar-refractivity contribution is -0.187. The lowest BCUT2D eigenvalue weighted by atomic mass is 9.97. The van der Waals surface area contributed by atoms with Crippen molar-refractivity contribution in [3.05, 3.63) is 0 Å². The van der Waals surface area contributed by atoms with Crippen LogP contribution in [0.5, 0.6) is 0 Å². The molecule has 106 valence electrons. The molecule has 1 amide bonds. The van der Waals surface area contributed by atoms with E-state index >= 15 is 0 Å². The van der Waals surface area contributed by atoms with Gasteiger partial charge in [0, 0.05) is 18.6 Å². The Kier molecular flexibility index (Phi) is 4.64. The minimum Gasteiger partial charge on any atom is -0.341 e.